The molecule has 0 aliphatic rings. The molecule has 3 N–H and O–H groups in total. The zero-order chi connectivity index (χ0) is 14.9. The van der Waals surface area contributed by atoms with E-state index >= 15 is 0 Å². The quantitative estimate of drug-likeness (QED) is 0.641. The third kappa shape index (κ3) is 2.68. The Morgan fingerprint density at radius 1 is 1.10 bits per heavy atom. The molecule has 2 rings (SSSR count). The van der Waals surface area contributed by atoms with E-state index in [-0.39, 0.29) is 16.9 Å². The molecule has 0 atom stereocenters. The molecule has 0 bridgehead atoms. The first-order chi connectivity index (χ1) is 9.40. The lowest BCUT2D eigenvalue weighted by atomic mass is 10.1. The van der Waals surface area contributed by atoms with Gasteiger partial charge in [0.2, 0.25) is 0 Å². The van der Waals surface area contributed by atoms with Crippen molar-refractivity contribution >= 4 is 17.1 Å². The van der Waals surface area contributed by atoms with Gasteiger partial charge in [-0.05, 0) is 36.8 Å². The predicted octanol–water partition coefficient (Wildman–Crippen LogP) is 4.54. The number of nitrogens with two attached hydrogens (primary N) is 1. The summed E-state index contributed by atoms with van der Waals surface area (Å²) in [6.07, 6.45) is -2.81. The molecular weight excluding hydrogens is 272 g/mol. The lowest BCUT2D eigenvalue weighted by molar-refractivity contribution is 0.152. The van der Waals surface area contributed by atoms with E-state index in [1.165, 1.54) is 25.1 Å². The van der Waals surface area contributed by atoms with E-state index in [1.54, 1.807) is 0 Å². The van der Waals surface area contributed by atoms with Gasteiger partial charge in [-0.15, -0.1) is 0 Å². The van der Waals surface area contributed by atoms with E-state index in [0.29, 0.717) is 0 Å². The van der Waals surface area contributed by atoms with Crippen LogP contribution in [0.4, 0.5) is 34.6 Å². The highest BCUT2D eigenvalue weighted by molar-refractivity contribution is 5.67. The first-order valence-electron chi connectivity index (χ1n) is 5.79. The molecule has 0 saturated heterocycles. The third-order valence-corrected chi connectivity index (χ3v) is 2.85. The van der Waals surface area contributed by atoms with Crippen molar-refractivity contribution in [2.45, 2.75) is 13.3 Å². The summed E-state index contributed by atoms with van der Waals surface area (Å²) in [7, 11) is 0. The number of benzene rings is 2. The molecule has 2 aromatic carbocycles. The number of aryl methyl sites for hydroxylation is 1. The molecule has 0 radical (unpaired) electrons. The SMILES string of the molecule is Cc1ccc(F)c(Nc2ccc(N)cc2C(F)F)c1F. The summed E-state index contributed by atoms with van der Waals surface area (Å²) in [6.45, 7) is 1.46. The molecule has 0 spiro atoms. The molecule has 0 amide bonds. The van der Waals surface area contributed by atoms with Crippen LogP contribution in [-0.4, -0.2) is 0 Å². The topological polar surface area (TPSA) is 38.0 Å². The van der Waals surface area contributed by atoms with Gasteiger partial charge in [-0.2, -0.15) is 0 Å². The Labute approximate surface area is 113 Å². The maximum atomic E-state index is 13.8. The van der Waals surface area contributed by atoms with Crippen molar-refractivity contribution in [1.82, 2.24) is 0 Å². The molecule has 0 heterocycles. The van der Waals surface area contributed by atoms with Crippen LogP contribution >= 0.6 is 0 Å². The third-order valence-electron chi connectivity index (χ3n) is 2.85. The Hall–Kier alpha value is -2.24. The standard InChI is InChI=1S/C14H12F4N2/c1-7-2-4-10(15)13(12(7)16)20-11-5-3-8(19)6-9(11)14(17)18/h2-6,14,20H,19H2,1H3. The lowest BCUT2D eigenvalue weighted by Gasteiger charge is -2.14. The molecule has 0 aliphatic carbocycles. The normalized spacial score (nSPS) is 10.9. The summed E-state index contributed by atoms with van der Waals surface area (Å²) in [5, 5.41) is 2.37. The summed E-state index contributed by atoms with van der Waals surface area (Å²) in [5.74, 6) is -1.67. The molecule has 20 heavy (non-hydrogen) atoms. The second-order valence-corrected chi connectivity index (χ2v) is 4.33. The molecule has 0 fully saturated rings. The second-order valence-electron chi connectivity index (χ2n) is 4.33. The highest BCUT2D eigenvalue weighted by atomic mass is 19.3. The van der Waals surface area contributed by atoms with Gasteiger partial charge in [0.15, 0.2) is 5.82 Å². The zero-order valence-electron chi connectivity index (χ0n) is 10.6. The fourth-order valence-corrected chi connectivity index (χ4v) is 1.78. The van der Waals surface area contributed by atoms with Gasteiger partial charge in [0.25, 0.3) is 6.43 Å². The van der Waals surface area contributed by atoms with E-state index in [9.17, 15) is 17.6 Å². The van der Waals surface area contributed by atoms with E-state index < -0.39 is 29.3 Å². The van der Waals surface area contributed by atoms with Crippen LogP contribution in [0, 0.1) is 18.6 Å². The smallest absolute Gasteiger partial charge is 0.265 e. The first kappa shape index (κ1) is 14.2. The van der Waals surface area contributed by atoms with Crippen molar-refractivity contribution < 1.29 is 17.6 Å². The summed E-state index contributed by atoms with van der Waals surface area (Å²) in [6, 6.07) is 6.05. The summed E-state index contributed by atoms with van der Waals surface area (Å²) < 4.78 is 53.3. The van der Waals surface area contributed by atoms with Crippen molar-refractivity contribution in [3.63, 3.8) is 0 Å². The number of alkyl halides is 2. The summed E-state index contributed by atoms with van der Waals surface area (Å²) >= 11 is 0. The highest BCUT2D eigenvalue weighted by Gasteiger charge is 2.17. The lowest BCUT2D eigenvalue weighted by Crippen LogP contribution is -2.03. The monoisotopic (exact) mass is 284 g/mol. The maximum Gasteiger partial charge on any atom is 0.265 e. The fourth-order valence-electron chi connectivity index (χ4n) is 1.78. The number of anilines is 3. The van der Waals surface area contributed by atoms with Crippen LogP contribution in [0.5, 0.6) is 0 Å². The minimum absolute atomic E-state index is 0.0856. The molecule has 106 valence electrons. The van der Waals surface area contributed by atoms with Crippen LogP contribution in [0.2, 0.25) is 0 Å². The Morgan fingerprint density at radius 3 is 2.45 bits per heavy atom. The maximum absolute atomic E-state index is 13.8. The molecule has 0 aromatic heterocycles. The van der Waals surface area contributed by atoms with Crippen LogP contribution in [0.3, 0.4) is 0 Å². The molecular formula is C14H12F4N2. The number of nitrogens with one attached hydrogen (secondary N) is 1. The average Bonchev–Trinajstić information content (AvgIpc) is 2.40. The van der Waals surface area contributed by atoms with Crippen molar-refractivity contribution in [2.75, 3.05) is 11.1 Å². The van der Waals surface area contributed by atoms with Gasteiger partial charge in [0.05, 0.1) is 0 Å². The second kappa shape index (κ2) is 5.40. The first-order valence-corrected chi connectivity index (χ1v) is 5.79. The minimum atomic E-state index is -2.81. The molecule has 2 aromatic rings. The Bertz CT molecular complexity index is 641. The van der Waals surface area contributed by atoms with Crippen molar-refractivity contribution in [2.24, 2.45) is 0 Å². The number of halogens is 4. The highest BCUT2D eigenvalue weighted by Crippen LogP contribution is 2.33. The molecule has 2 nitrogen and oxygen atoms in total. The Kier molecular flexibility index (Phi) is 3.83. The Morgan fingerprint density at radius 2 is 1.80 bits per heavy atom. The predicted molar refractivity (Wildman–Crippen MR) is 70.2 cm³/mol. The number of hydrogen-bond donors (Lipinski definition) is 2. The van der Waals surface area contributed by atoms with E-state index in [1.807, 2.05) is 0 Å². The van der Waals surface area contributed by atoms with Crippen LogP contribution in [-0.2, 0) is 0 Å². The van der Waals surface area contributed by atoms with Crippen molar-refractivity contribution in [3.8, 4) is 0 Å². The van der Waals surface area contributed by atoms with Crippen LogP contribution < -0.4 is 11.1 Å². The molecule has 0 saturated carbocycles. The summed E-state index contributed by atoms with van der Waals surface area (Å²) in [4.78, 5) is 0. The number of rotatable bonds is 3. The minimum Gasteiger partial charge on any atom is -0.399 e. The number of nitrogen functional groups attached to an aromatic ring is 1. The largest absolute Gasteiger partial charge is 0.399 e. The van der Waals surface area contributed by atoms with Gasteiger partial charge in [-0.1, -0.05) is 6.07 Å². The van der Waals surface area contributed by atoms with Gasteiger partial charge in [0, 0.05) is 16.9 Å². The van der Waals surface area contributed by atoms with Gasteiger partial charge in [-0.3, -0.25) is 0 Å². The van der Waals surface area contributed by atoms with Crippen LogP contribution in [0.1, 0.15) is 17.6 Å². The van der Waals surface area contributed by atoms with Gasteiger partial charge in [0.1, 0.15) is 11.5 Å². The zero-order valence-corrected chi connectivity index (χ0v) is 10.6. The van der Waals surface area contributed by atoms with Crippen molar-refractivity contribution in [3.05, 3.63) is 53.1 Å². The van der Waals surface area contributed by atoms with Gasteiger partial charge >= 0.3 is 0 Å². The van der Waals surface area contributed by atoms with E-state index in [4.69, 9.17) is 5.73 Å². The van der Waals surface area contributed by atoms with Crippen LogP contribution in [0.25, 0.3) is 0 Å². The number of hydrogen-bond acceptors (Lipinski definition) is 2. The van der Waals surface area contributed by atoms with Gasteiger partial charge in [-0.25, -0.2) is 17.6 Å². The van der Waals surface area contributed by atoms with E-state index in [0.717, 1.165) is 12.1 Å². The Balaban J connectivity index is 2.48. The molecule has 0 aliphatic heterocycles. The van der Waals surface area contributed by atoms with E-state index in [2.05, 4.69) is 5.32 Å². The summed E-state index contributed by atoms with van der Waals surface area (Å²) in [5.41, 5.74) is 4.83. The molecule has 0 unspecified atom stereocenters. The fraction of sp³-hybridized carbons (Fsp3) is 0.143. The van der Waals surface area contributed by atoms with Crippen LogP contribution in [0.15, 0.2) is 30.3 Å². The average molecular weight is 284 g/mol. The van der Waals surface area contributed by atoms with Crippen molar-refractivity contribution in [1.29, 1.82) is 0 Å². The van der Waals surface area contributed by atoms with Gasteiger partial charge < -0.3 is 11.1 Å². The molecule has 6 heteroatoms.